The lowest BCUT2D eigenvalue weighted by molar-refractivity contribution is -0.146. The normalized spacial score (nSPS) is 29.9. The van der Waals surface area contributed by atoms with Crippen LogP contribution < -0.4 is 5.32 Å². The average Bonchev–Trinajstić information content (AvgIpc) is 2.71. The number of β-lactam (4-membered cyclic amide) rings is 1. The Bertz CT molecular complexity index is 581. The molecule has 5 nitrogen and oxygen atoms in total. The third kappa shape index (κ3) is 3.58. The molecule has 0 aliphatic carbocycles. The van der Waals surface area contributed by atoms with E-state index >= 15 is 0 Å². The maximum atomic E-state index is 12.4. The third-order valence-electron chi connectivity index (χ3n) is 3.64. The Morgan fingerprint density at radius 2 is 2.17 bits per heavy atom. The van der Waals surface area contributed by atoms with Crippen LogP contribution in [0.2, 0.25) is 0 Å². The number of rotatable bonds is 4. The molecule has 0 aromatic heterocycles. The third-order valence-corrected chi connectivity index (χ3v) is 5.97. The van der Waals surface area contributed by atoms with Gasteiger partial charge in [0.05, 0.1) is 4.99 Å². The van der Waals surface area contributed by atoms with Crippen molar-refractivity contribution in [2.24, 2.45) is 0 Å². The van der Waals surface area contributed by atoms with Crippen molar-refractivity contribution >= 4 is 75.6 Å². The number of esters is 1. The van der Waals surface area contributed by atoms with Gasteiger partial charge in [-0.2, -0.15) is 0 Å². The summed E-state index contributed by atoms with van der Waals surface area (Å²) in [5.74, 6) is -0.765. The molecule has 0 bridgehead atoms. The lowest BCUT2D eigenvalue weighted by Crippen LogP contribution is -2.66. The van der Waals surface area contributed by atoms with Crippen LogP contribution in [-0.2, 0) is 14.3 Å². The van der Waals surface area contributed by atoms with Crippen molar-refractivity contribution in [3.8, 4) is 0 Å². The van der Waals surface area contributed by atoms with Gasteiger partial charge in [-0.3, -0.25) is 14.5 Å². The van der Waals surface area contributed by atoms with Crippen LogP contribution in [0.5, 0.6) is 0 Å². The fraction of sp³-hybridized carbons (Fsp3) is 0.615. The van der Waals surface area contributed by atoms with Gasteiger partial charge < -0.3 is 10.1 Å². The summed E-state index contributed by atoms with van der Waals surface area (Å²) in [5, 5.41) is 2.74. The highest BCUT2D eigenvalue weighted by Gasteiger charge is 2.63. The fourth-order valence-electron chi connectivity index (χ4n) is 2.27. The van der Waals surface area contributed by atoms with Crippen LogP contribution in [0.4, 0.5) is 0 Å². The number of carbonyl (C=O) groups excluding carboxylic acids is 2. The monoisotopic (exact) mass is 416 g/mol. The number of nitrogens with one attached hydrogen (secondary N) is 1. The lowest BCUT2D eigenvalue weighted by atomic mass is 10.0. The molecular weight excluding hydrogens is 403 g/mol. The molecule has 0 aromatic rings. The zero-order chi connectivity index (χ0) is 17.6. The lowest BCUT2D eigenvalue weighted by Gasteiger charge is -2.42. The Balaban J connectivity index is 2.09. The van der Waals surface area contributed by atoms with Crippen LogP contribution in [0.1, 0.15) is 20.3 Å². The number of ether oxygens (including phenoxy) is 1. The summed E-state index contributed by atoms with van der Waals surface area (Å²) < 4.78 is 2.26. The van der Waals surface area contributed by atoms with Gasteiger partial charge in [0.2, 0.25) is 3.79 Å². The topological polar surface area (TPSA) is 58.6 Å². The number of thiocarbonyl (C=S) groups is 1. The van der Waals surface area contributed by atoms with Gasteiger partial charge in [0.1, 0.15) is 18.0 Å². The minimum Gasteiger partial charge on any atom is -0.460 e. The van der Waals surface area contributed by atoms with Gasteiger partial charge in [0.25, 0.3) is 5.91 Å². The Hall–Kier alpha value is -0.210. The quantitative estimate of drug-likeness (QED) is 0.328. The molecule has 2 fully saturated rings. The van der Waals surface area contributed by atoms with E-state index in [1.807, 2.05) is 6.92 Å². The van der Waals surface area contributed by atoms with E-state index in [1.165, 1.54) is 16.7 Å². The molecule has 2 saturated heterocycles. The summed E-state index contributed by atoms with van der Waals surface area (Å²) in [6, 6.07) is -0.466. The zero-order valence-corrected chi connectivity index (χ0v) is 16.3. The predicted octanol–water partition coefficient (Wildman–Crippen LogP) is 2.78. The summed E-state index contributed by atoms with van der Waals surface area (Å²) >= 11 is 23.2. The van der Waals surface area contributed by atoms with Gasteiger partial charge in [-0.25, -0.2) is 0 Å². The number of hydrogen-bond acceptors (Lipinski definition) is 5. The van der Waals surface area contributed by atoms with Crippen LogP contribution in [-0.4, -0.2) is 48.3 Å². The van der Waals surface area contributed by atoms with Crippen LogP contribution in [0, 0.1) is 0 Å². The summed E-state index contributed by atoms with van der Waals surface area (Å²) in [5.41, 5.74) is 0.368. The molecule has 128 valence electrons. The predicted molar refractivity (Wildman–Crippen MR) is 96.8 cm³/mol. The number of amides is 1. The first-order valence-electron chi connectivity index (χ1n) is 6.75. The molecule has 0 spiro atoms. The second-order valence-corrected chi connectivity index (χ2v) is 9.83. The van der Waals surface area contributed by atoms with Gasteiger partial charge in [0, 0.05) is 5.70 Å². The van der Waals surface area contributed by atoms with Crippen molar-refractivity contribution in [3.63, 3.8) is 0 Å². The van der Waals surface area contributed by atoms with E-state index in [0.29, 0.717) is 17.1 Å². The largest absolute Gasteiger partial charge is 0.460 e. The van der Waals surface area contributed by atoms with Crippen molar-refractivity contribution < 1.29 is 14.3 Å². The molecule has 1 N–H and O–H groups in total. The molecule has 2 unspecified atom stereocenters. The van der Waals surface area contributed by atoms with Crippen molar-refractivity contribution in [3.05, 3.63) is 12.3 Å². The van der Waals surface area contributed by atoms with E-state index < -0.39 is 20.6 Å². The minimum atomic E-state index is -1.69. The summed E-state index contributed by atoms with van der Waals surface area (Å²) in [6.45, 7) is 7.03. The number of carbonyl (C=O) groups is 2. The fourth-order valence-corrected chi connectivity index (χ4v) is 4.09. The van der Waals surface area contributed by atoms with Crippen LogP contribution in [0.3, 0.4) is 0 Å². The number of nitrogens with zero attached hydrogens (tertiary/aromatic N) is 1. The maximum absolute atomic E-state index is 12.4. The highest BCUT2D eigenvalue weighted by molar-refractivity contribution is 8.02. The van der Waals surface area contributed by atoms with E-state index in [4.69, 9.17) is 51.8 Å². The van der Waals surface area contributed by atoms with Gasteiger partial charge in [-0.1, -0.05) is 60.5 Å². The molecule has 2 aliphatic heterocycles. The summed E-state index contributed by atoms with van der Waals surface area (Å²) in [4.78, 5) is 26.7. The maximum Gasteiger partial charge on any atom is 0.328 e. The van der Waals surface area contributed by atoms with Crippen LogP contribution >= 0.6 is 58.8 Å². The first-order chi connectivity index (χ1) is 10.5. The van der Waals surface area contributed by atoms with Gasteiger partial charge in [-0.05, 0) is 13.3 Å². The van der Waals surface area contributed by atoms with Gasteiger partial charge >= 0.3 is 5.97 Å². The molecule has 10 heteroatoms. The molecule has 1 amide bonds. The smallest absolute Gasteiger partial charge is 0.328 e. The van der Waals surface area contributed by atoms with Crippen molar-refractivity contribution in [1.29, 1.82) is 0 Å². The van der Waals surface area contributed by atoms with Crippen molar-refractivity contribution in [1.82, 2.24) is 10.2 Å². The first kappa shape index (κ1) is 19.1. The Morgan fingerprint density at radius 1 is 1.57 bits per heavy atom. The van der Waals surface area contributed by atoms with Crippen molar-refractivity contribution in [2.45, 2.75) is 40.2 Å². The molecule has 2 heterocycles. The van der Waals surface area contributed by atoms with E-state index in [2.05, 4.69) is 11.9 Å². The average molecular weight is 418 g/mol. The minimum absolute atomic E-state index is 0.166. The molecule has 3 atom stereocenters. The van der Waals surface area contributed by atoms with E-state index in [0.717, 1.165) is 0 Å². The molecule has 0 saturated carbocycles. The zero-order valence-electron chi connectivity index (χ0n) is 12.4. The summed E-state index contributed by atoms with van der Waals surface area (Å²) in [7, 11) is 0. The van der Waals surface area contributed by atoms with Gasteiger partial charge in [0.15, 0.2) is 4.75 Å². The second-order valence-electron chi connectivity index (χ2n) is 5.29. The second kappa shape index (κ2) is 6.59. The first-order valence-corrected chi connectivity index (χ1v) is 9.17. The van der Waals surface area contributed by atoms with E-state index in [1.54, 1.807) is 6.92 Å². The molecule has 0 aromatic carbocycles. The number of thioether (sulfide) groups is 1. The Kier molecular flexibility index (Phi) is 5.48. The van der Waals surface area contributed by atoms with E-state index in [9.17, 15) is 9.59 Å². The number of halogens is 3. The standard InChI is InChI=1S/C13H15Cl3N2O3S2/c1-4-7(22)17-8-9(19)18-6(2)12(3,23-10(8)18)11(20)21-5-13(14,15)16/h8,10H,2,4-5H2,1,3H3,(H,17,22)/t8?,10-,12?/m1/s1. The molecular formula is C13H15Cl3N2O3S2. The Labute approximate surface area is 159 Å². The molecule has 2 aliphatic rings. The number of hydrogen-bond donors (Lipinski definition) is 1. The highest BCUT2D eigenvalue weighted by atomic mass is 35.6. The number of fused-ring (bicyclic) bond motifs is 1. The molecule has 0 radical (unpaired) electrons. The van der Waals surface area contributed by atoms with Gasteiger partial charge in [-0.15, -0.1) is 11.8 Å². The SMILES string of the molecule is C=C1N2C(=O)C(NC(=S)CC)[C@H]2SC1(C)C(=O)OCC(Cl)(Cl)Cl. The molecule has 23 heavy (non-hydrogen) atoms. The Morgan fingerprint density at radius 3 is 2.70 bits per heavy atom. The van der Waals surface area contributed by atoms with Crippen molar-refractivity contribution in [2.75, 3.05) is 6.61 Å². The van der Waals surface area contributed by atoms with Crippen LogP contribution in [0.25, 0.3) is 0 Å². The van der Waals surface area contributed by atoms with E-state index in [-0.39, 0.29) is 17.9 Å². The van der Waals surface area contributed by atoms with Crippen LogP contribution in [0.15, 0.2) is 12.3 Å². The summed E-state index contributed by atoms with van der Waals surface area (Å²) in [6.07, 6.45) is 0.639. The number of alkyl halides is 3. The molecule has 2 rings (SSSR count). The highest BCUT2D eigenvalue weighted by Crippen LogP contribution is 2.53.